The third kappa shape index (κ3) is 4.04. The molecule has 0 unspecified atom stereocenters. The Kier molecular flexibility index (Phi) is 6.65. The van der Waals surface area contributed by atoms with Crippen molar-refractivity contribution in [1.29, 1.82) is 0 Å². The van der Waals surface area contributed by atoms with Gasteiger partial charge >= 0.3 is 0 Å². The standard InChI is InChI=1S/C30H21BrN2.H2S2/c1-3-23-26-17-20(11-15-30(26)33(29(23)4-2)22-8-6-5-7-9-22)19-10-13-27-24(16-19)25-18-21(31)12-14-28(25)32-27;1-2/h3-18,32H,1-2H2;1-2H. The maximum atomic E-state index is 4.11. The van der Waals surface area contributed by atoms with Crippen molar-refractivity contribution in [2.75, 3.05) is 0 Å². The highest BCUT2D eigenvalue weighted by atomic mass is 79.9. The Labute approximate surface area is 223 Å². The van der Waals surface area contributed by atoms with Crippen LogP contribution in [-0.2, 0) is 0 Å². The minimum Gasteiger partial charge on any atom is -0.355 e. The van der Waals surface area contributed by atoms with Gasteiger partial charge in [-0.25, -0.2) is 0 Å². The third-order valence-corrected chi connectivity index (χ3v) is 6.84. The van der Waals surface area contributed by atoms with Crippen LogP contribution in [0.15, 0.2) is 103 Å². The van der Waals surface area contributed by atoms with E-state index >= 15 is 0 Å². The quantitative estimate of drug-likeness (QED) is 0.142. The van der Waals surface area contributed by atoms with E-state index in [0.29, 0.717) is 0 Å². The molecule has 1 N–H and O–H groups in total. The summed E-state index contributed by atoms with van der Waals surface area (Å²) < 4.78 is 3.33. The predicted molar refractivity (Wildman–Crippen MR) is 164 cm³/mol. The molecule has 0 saturated heterocycles. The lowest BCUT2D eigenvalue weighted by Crippen LogP contribution is -1.96. The lowest BCUT2D eigenvalue weighted by molar-refractivity contribution is 1.11. The fourth-order valence-corrected chi connectivity index (χ4v) is 5.20. The van der Waals surface area contributed by atoms with Gasteiger partial charge in [-0.3, -0.25) is 0 Å². The van der Waals surface area contributed by atoms with Gasteiger partial charge in [-0.05, 0) is 71.8 Å². The molecule has 0 radical (unpaired) electrons. The van der Waals surface area contributed by atoms with E-state index in [1.807, 2.05) is 18.2 Å². The van der Waals surface area contributed by atoms with Crippen molar-refractivity contribution >= 4 is 84.1 Å². The van der Waals surface area contributed by atoms with Crippen molar-refractivity contribution in [1.82, 2.24) is 9.55 Å². The van der Waals surface area contributed by atoms with E-state index in [1.54, 1.807) is 0 Å². The molecule has 0 bridgehead atoms. The van der Waals surface area contributed by atoms with Crippen LogP contribution < -0.4 is 0 Å². The van der Waals surface area contributed by atoms with Crippen molar-refractivity contribution in [3.8, 4) is 16.8 Å². The summed E-state index contributed by atoms with van der Waals surface area (Å²) in [4.78, 5) is 3.52. The first-order chi connectivity index (χ1) is 17.2. The van der Waals surface area contributed by atoms with E-state index < -0.39 is 0 Å². The van der Waals surface area contributed by atoms with Crippen molar-refractivity contribution in [2.45, 2.75) is 0 Å². The predicted octanol–water partition coefficient (Wildman–Crippen LogP) is 9.74. The number of para-hydroxylation sites is 1. The van der Waals surface area contributed by atoms with Crippen LogP contribution in [-0.4, -0.2) is 9.55 Å². The van der Waals surface area contributed by atoms with Crippen LogP contribution in [0.5, 0.6) is 0 Å². The molecule has 0 amide bonds. The summed E-state index contributed by atoms with van der Waals surface area (Å²) in [6.07, 6.45) is 3.85. The average molecular weight is 556 g/mol. The zero-order valence-corrected chi connectivity index (χ0v) is 22.2. The smallest absolute Gasteiger partial charge is 0.0541 e. The SMILES string of the molecule is C=Cc1c(C=C)n(-c2ccccc2)c2ccc(-c3ccc4[nH]c5ccc(Br)cc5c4c3)cc12.SS. The molecule has 5 heteroatoms. The van der Waals surface area contributed by atoms with Gasteiger partial charge in [0.05, 0.1) is 11.2 Å². The second-order valence-electron chi connectivity index (χ2n) is 8.19. The number of thiol groups is 2. The largest absolute Gasteiger partial charge is 0.355 e. The molecule has 0 aliphatic rings. The highest BCUT2D eigenvalue weighted by molar-refractivity contribution is 9.10. The first-order valence-corrected chi connectivity index (χ1v) is 13.5. The summed E-state index contributed by atoms with van der Waals surface area (Å²) in [5, 5.41) is 3.61. The number of H-pyrrole nitrogens is 1. The Bertz CT molecular complexity index is 1710. The molecule has 6 rings (SSSR count). The number of aromatic nitrogens is 2. The van der Waals surface area contributed by atoms with E-state index in [0.717, 1.165) is 38.0 Å². The lowest BCUT2D eigenvalue weighted by Gasteiger charge is -2.09. The summed E-state index contributed by atoms with van der Waals surface area (Å²) in [6, 6.07) is 30.1. The second kappa shape index (κ2) is 9.86. The summed E-state index contributed by atoms with van der Waals surface area (Å²) in [7, 11) is 0. The maximum absolute atomic E-state index is 4.11. The average Bonchev–Trinajstić information content (AvgIpc) is 3.44. The van der Waals surface area contributed by atoms with Gasteiger partial charge in [-0.1, -0.05) is 65.5 Å². The molecule has 2 nitrogen and oxygen atoms in total. The van der Waals surface area contributed by atoms with Crippen LogP contribution in [0.3, 0.4) is 0 Å². The van der Waals surface area contributed by atoms with E-state index in [-0.39, 0.29) is 0 Å². The highest BCUT2D eigenvalue weighted by Crippen LogP contribution is 2.36. The van der Waals surface area contributed by atoms with Gasteiger partial charge in [-0.15, -0.1) is 23.3 Å². The van der Waals surface area contributed by atoms with Crippen LogP contribution in [0.1, 0.15) is 11.3 Å². The summed E-state index contributed by atoms with van der Waals surface area (Å²) in [6.45, 7) is 8.20. The lowest BCUT2D eigenvalue weighted by atomic mass is 10.00. The van der Waals surface area contributed by atoms with Crippen molar-refractivity contribution in [2.24, 2.45) is 0 Å². The molecule has 2 aromatic heterocycles. The van der Waals surface area contributed by atoms with Gasteiger partial charge in [0.25, 0.3) is 0 Å². The van der Waals surface area contributed by atoms with E-state index in [9.17, 15) is 0 Å². The molecule has 0 saturated carbocycles. The number of benzene rings is 4. The number of hydrogen-bond acceptors (Lipinski definition) is 2. The van der Waals surface area contributed by atoms with Crippen LogP contribution in [0, 0.1) is 0 Å². The number of hydrogen-bond donors (Lipinski definition) is 3. The summed E-state index contributed by atoms with van der Waals surface area (Å²) in [5.74, 6) is 0. The summed E-state index contributed by atoms with van der Waals surface area (Å²) >= 11 is 10.1. The van der Waals surface area contributed by atoms with Crippen molar-refractivity contribution in [3.63, 3.8) is 0 Å². The van der Waals surface area contributed by atoms with Gasteiger partial charge < -0.3 is 9.55 Å². The molecule has 0 aliphatic heterocycles. The zero-order valence-electron chi connectivity index (χ0n) is 18.9. The van der Waals surface area contributed by atoms with Crippen LogP contribution in [0.25, 0.3) is 61.7 Å². The van der Waals surface area contributed by atoms with Gasteiger partial charge in [0.1, 0.15) is 0 Å². The van der Waals surface area contributed by atoms with Crippen LogP contribution in [0.4, 0.5) is 0 Å². The third-order valence-electron chi connectivity index (χ3n) is 6.35. The number of nitrogens with one attached hydrogen (secondary N) is 1. The summed E-state index contributed by atoms with van der Waals surface area (Å²) in [5.41, 5.74) is 9.07. The Hall–Kier alpha value is -3.12. The van der Waals surface area contributed by atoms with E-state index in [1.165, 1.54) is 27.3 Å². The van der Waals surface area contributed by atoms with E-state index in [4.69, 9.17) is 0 Å². The Morgan fingerprint density at radius 3 is 2.03 bits per heavy atom. The molecule has 0 spiro atoms. The second-order valence-corrected chi connectivity index (χ2v) is 9.10. The fourth-order valence-electron chi connectivity index (χ4n) is 4.83. The monoisotopic (exact) mass is 554 g/mol. The minimum absolute atomic E-state index is 1.06. The molecule has 0 fully saturated rings. The number of halogens is 1. The van der Waals surface area contributed by atoms with Gasteiger partial charge in [-0.2, -0.15) is 0 Å². The van der Waals surface area contributed by atoms with Crippen molar-refractivity contribution < 1.29 is 0 Å². The molecular formula is C30H23BrN2S2. The first kappa shape index (κ1) is 23.6. The molecule has 6 aromatic rings. The van der Waals surface area contributed by atoms with Gasteiger partial charge in [0.15, 0.2) is 0 Å². The van der Waals surface area contributed by atoms with E-state index in [2.05, 4.69) is 141 Å². The Morgan fingerprint density at radius 1 is 0.714 bits per heavy atom. The number of nitrogens with zero attached hydrogens (tertiary/aromatic N) is 1. The highest BCUT2D eigenvalue weighted by Gasteiger charge is 2.16. The number of fused-ring (bicyclic) bond motifs is 4. The normalized spacial score (nSPS) is 10.9. The first-order valence-electron chi connectivity index (χ1n) is 11.1. The van der Waals surface area contributed by atoms with Crippen LogP contribution >= 0.6 is 39.3 Å². The maximum Gasteiger partial charge on any atom is 0.0541 e. The Morgan fingerprint density at radius 2 is 1.34 bits per heavy atom. The van der Waals surface area contributed by atoms with Crippen LogP contribution in [0.2, 0.25) is 0 Å². The zero-order chi connectivity index (χ0) is 24.5. The minimum atomic E-state index is 1.06. The number of rotatable bonds is 4. The molecule has 35 heavy (non-hydrogen) atoms. The molecule has 0 aliphatic carbocycles. The molecule has 172 valence electrons. The fraction of sp³-hybridized carbons (Fsp3) is 0. The molecule has 4 aromatic carbocycles. The topological polar surface area (TPSA) is 20.7 Å². The van der Waals surface area contributed by atoms with Gasteiger partial charge in [0, 0.05) is 42.9 Å². The molecular weight excluding hydrogens is 532 g/mol. The number of aromatic amines is 1. The van der Waals surface area contributed by atoms with Gasteiger partial charge in [0.2, 0.25) is 0 Å². The van der Waals surface area contributed by atoms with Crippen molar-refractivity contribution in [3.05, 3.63) is 114 Å². The Balaban J connectivity index is 0.00000124. The molecule has 0 atom stereocenters. The molecule has 2 heterocycles.